The minimum atomic E-state index is -2.30. The number of benzene rings is 1. The van der Waals surface area contributed by atoms with Crippen LogP contribution >= 0.6 is 7.14 Å². The van der Waals surface area contributed by atoms with Crippen LogP contribution in [0.15, 0.2) is 30.5 Å². The van der Waals surface area contributed by atoms with Crippen LogP contribution in [-0.2, 0) is 4.57 Å². The van der Waals surface area contributed by atoms with Crippen LogP contribution in [0.5, 0.6) is 0 Å². The summed E-state index contributed by atoms with van der Waals surface area (Å²) < 4.78 is 12.5. The first-order chi connectivity index (χ1) is 7.91. The Kier molecular flexibility index (Phi) is 3.09. The van der Waals surface area contributed by atoms with E-state index in [0.717, 1.165) is 21.8 Å². The lowest BCUT2D eigenvalue weighted by molar-refractivity contribution is 0.588. The molecule has 0 radical (unpaired) electrons. The molecule has 0 atom stereocenters. The standard InChI is InChI=1S/C14H18NOP/c1-10(2)12-9-15-13-8-6-5-7-11(13)14(12)17(3,4)16/h5-10H,1-4H3. The van der Waals surface area contributed by atoms with E-state index in [1.165, 1.54) is 0 Å². The summed E-state index contributed by atoms with van der Waals surface area (Å²) in [5.74, 6) is 0.343. The molecule has 3 heteroatoms. The van der Waals surface area contributed by atoms with Gasteiger partial charge in [0.05, 0.1) is 5.52 Å². The number of aromatic nitrogens is 1. The van der Waals surface area contributed by atoms with Crippen molar-refractivity contribution < 1.29 is 4.57 Å². The second kappa shape index (κ2) is 4.27. The van der Waals surface area contributed by atoms with E-state index in [1.807, 2.05) is 43.8 Å². The van der Waals surface area contributed by atoms with E-state index in [1.54, 1.807) is 0 Å². The number of para-hydroxylation sites is 1. The third kappa shape index (κ3) is 2.28. The molecule has 1 aromatic heterocycles. The molecule has 0 aliphatic carbocycles. The molecule has 0 unspecified atom stereocenters. The molecule has 90 valence electrons. The molecular formula is C14H18NOP. The first-order valence-electron chi connectivity index (χ1n) is 5.84. The van der Waals surface area contributed by atoms with Crippen molar-refractivity contribution in [2.75, 3.05) is 13.3 Å². The number of nitrogens with zero attached hydrogens (tertiary/aromatic N) is 1. The maximum Gasteiger partial charge on any atom is 0.110 e. The fourth-order valence-corrected chi connectivity index (χ4v) is 3.87. The van der Waals surface area contributed by atoms with Crippen molar-refractivity contribution in [1.29, 1.82) is 0 Å². The first kappa shape index (κ1) is 12.3. The van der Waals surface area contributed by atoms with Crippen LogP contribution in [0, 0.1) is 0 Å². The molecule has 0 amide bonds. The van der Waals surface area contributed by atoms with E-state index in [2.05, 4.69) is 18.8 Å². The highest BCUT2D eigenvalue weighted by Crippen LogP contribution is 2.40. The summed E-state index contributed by atoms with van der Waals surface area (Å²) in [5, 5.41) is 2.03. The highest BCUT2D eigenvalue weighted by atomic mass is 31.2. The number of rotatable bonds is 2. The van der Waals surface area contributed by atoms with Crippen molar-refractivity contribution in [3.05, 3.63) is 36.0 Å². The van der Waals surface area contributed by atoms with Crippen molar-refractivity contribution in [3.63, 3.8) is 0 Å². The quantitative estimate of drug-likeness (QED) is 0.759. The van der Waals surface area contributed by atoms with Gasteiger partial charge in [-0.15, -0.1) is 0 Å². The van der Waals surface area contributed by atoms with Crippen LogP contribution in [0.1, 0.15) is 25.3 Å². The Hall–Kier alpha value is -1.14. The van der Waals surface area contributed by atoms with E-state index in [-0.39, 0.29) is 0 Å². The normalized spacial score (nSPS) is 12.3. The second-order valence-electron chi connectivity index (χ2n) is 5.08. The molecule has 0 spiro atoms. The molecule has 0 saturated carbocycles. The van der Waals surface area contributed by atoms with Gasteiger partial charge in [0.1, 0.15) is 7.14 Å². The average Bonchev–Trinajstić information content (AvgIpc) is 2.26. The molecule has 0 N–H and O–H groups in total. The molecule has 2 nitrogen and oxygen atoms in total. The summed E-state index contributed by atoms with van der Waals surface area (Å²) in [7, 11) is -2.30. The lowest BCUT2D eigenvalue weighted by Crippen LogP contribution is -2.14. The van der Waals surface area contributed by atoms with Gasteiger partial charge < -0.3 is 4.57 Å². The zero-order valence-electron chi connectivity index (χ0n) is 10.8. The Morgan fingerprint density at radius 1 is 1.18 bits per heavy atom. The highest BCUT2D eigenvalue weighted by molar-refractivity contribution is 7.70. The molecule has 17 heavy (non-hydrogen) atoms. The predicted molar refractivity (Wildman–Crippen MR) is 74.9 cm³/mol. The molecule has 0 fully saturated rings. The molecule has 0 aliphatic heterocycles. The van der Waals surface area contributed by atoms with Crippen LogP contribution < -0.4 is 5.30 Å². The SMILES string of the molecule is CC(C)c1cnc2ccccc2c1P(C)(C)=O. The molecular weight excluding hydrogens is 229 g/mol. The highest BCUT2D eigenvalue weighted by Gasteiger charge is 2.21. The van der Waals surface area contributed by atoms with Crippen LogP contribution in [0.2, 0.25) is 0 Å². The van der Waals surface area contributed by atoms with Gasteiger partial charge in [0.25, 0.3) is 0 Å². The fourth-order valence-electron chi connectivity index (χ4n) is 2.17. The van der Waals surface area contributed by atoms with Crippen LogP contribution in [-0.4, -0.2) is 18.3 Å². The summed E-state index contributed by atoms with van der Waals surface area (Å²) >= 11 is 0. The van der Waals surface area contributed by atoms with E-state index in [4.69, 9.17) is 0 Å². The minimum absolute atomic E-state index is 0.343. The monoisotopic (exact) mass is 247 g/mol. The zero-order valence-corrected chi connectivity index (χ0v) is 11.7. The third-order valence-electron chi connectivity index (χ3n) is 2.94. The Morgan fingerprint density at radius 2 is 1.82 bits per heavy atom. The van der Waals surface area contributed by atoms with Crippen LogP contribution in [0.4, 0.5) is 0 Å². The number of hydrogen-bond acceptors (Lipinski definition) is 2. The third-order valence-corrected chi connectivity index (χ3v) is 4.51. The Labute approximate surface area is 102 Å². The average molecular weight is 247 g/mol. The van der Waals surface area contributed by atoms with Crippen molar-refractivity contribution in [3.8, 4) is 0 Å². The number of fused-ring (bicyclic) bond motifs is 1. The van der Waals surface area contributed by atoms with Gasteiger partial charge in [-0.05, 0) is 30.9 Å². The first-order valence-corrected chi connectivity index (χ1v) is 8.44. The maximum atomic E-state index is 12.5. The topological polar surface area (TPSA) is 30.0 Å². The lowest BCUT2D eigenvalue weighted by Gasteiger charge is -2.18. The summed E-state index contributed by atoms with van der Waals surface area (Å²) in [6.45, 7) is 7.90. The van der Waals surface area contributed by atoms with Gasteiger partial charge in [0.15, 0.2) is 0 Å². The Bertz CT molecular complexity index is 598. The van der Waals surface area contributed by atoms with Gasteiger partial charge in [-0.2, -0.15) is 0 Å². The number of hydrogen-bond donors (Lipinski definition) is 0. The minimum Gasteiger partial charge on any atom is -0.319 e. The van der Waals surface area contributed by atoms with Crippen LogP contribution in [0.25, 0.3) is 10.9 Å². The second-order valence-corrected chi connectivity index (χ2v) is 8.23. The van der Waals surface area contributed by atoms with Crippen molar-refractivity contribution in [2.24, 2.45) is 0 Å². The van der Waals surface area contributed by atoms with Crippen molar-refractivity contribution in [1.82, 2.24) is 4.98 Å². The van der Waals surface area contributed by atoms with Crippen molar-refractivity contribution >= 4 is 23.3 Å². The van der Waals surface area contributed by atoms with Gasteiger partial charge in [0.2, 0.25) is 0 Å². The summed E-state index contributed by atoms with van der Waals surface area (Å²) in [4.78, 5) is 4.46. The predicted octanol–water partition coefficient (Wildman–Crippen LogP) is 3.61. The fraction of sp³-hybridized carbons (Fsp3) is 0.357. The molecule has 0 saturated heterocycles. The van der Waals surface area contributed by atoms with Gasteiger partial charge in [0, 0.05) is 16.9 Å². The molecule has 0 bridgehead atoms. The van der Waals surface area contributed by atoms with Gasteiger partial charge in [-0.25, -0.2) is 0 Å². The number of pyridine rings is 1. The van der Waals surface area contributed by atoms with Gasteiger partial charge in [-0.1, -0.05) is 32.0 Å². The Balaban J connectivity index is 2.90. The largest absolute Gasteiger partial charge is 0.319 e. The van der Waals surface area contributed by atoms with Crippen molar-refractivity contribution in [2.45, 2.75) is 19.8 Å². The summed E-state index contributed by atoms with van der Waals surface area (Å²) in [6, 6.07) is 7.93. The maximum absolute atomic E-state index is 12.5. The lowest BCUT2D eigenvalue weighted by atomic mass is 10.0. The zero-order chi connectivity index (χ0) is 12.6. The summed E-state index contributed by atoms with van der Waals surface area (Å²) in [6.07, 6.45) is 1.88. The Morgan fingerprint density at radius 3 is 2.41 bits per heavy atom. The molecule has 1 aromatic carbocycles. The molecule has 1 heterocycles. The van der Waals surface area contributed by atoms with Gasteiger partial charge >= 0.3 is 0 Å². The van der Waals surface area contributed by atoms with E-state index < -0.39 is 7.14 Å². The molecule has 2 aromatic rings. The van der Waals surface area contributed by atoms with Gasteiger partial charge in [-0.3, -0.25) is 4.98 Å². The van der Waals surface area contributed by atoms with E-state index >= 15 is 0 Å². The molecule has 2 rings (SSSR count). The summed E-state index contributed by atoms with van der Waals surface area (Å²) in [5.41, 5.74) is 2.04. The smallest absolute Gasteiger partial charge is 0.110 e. The molecule has 0 aliphatic rings. The van der Waals surface area contributed by atoms with E-state index in [9.17, 15) is 4.57 Å². The van der Waals surface area contributed by atoms with E-state index in [0.29, 0.717) is 5.92 Å². The van der Waals surface area contributed by atoms with Crippen LogP contribution in [0.3, 0.4) is 0 Å².